The van der Waals surface area contributed by atoms with Crippen LogP contribution in [0.2, 0.25) is 0 Å². The first kappa shape index (κ1) is 17.8. The highest BCUT2D eigenvalue weighted by molar-refractivity contribution is 5.91. The molecule has 2 aromatic heterocycles. The van der Waals surface area contributed by atoms with Crippen LogP contribution in [0, 0.1) is 12.7 Å². The Morgan fingerprint density at radius 2 is 2.04 bits per heavy atom. The van der Waals surface area contributed by atoms with E-state index in [9.17, 15) is 9.18 Å². The van der Waals surface area contributed by atoms with Crippen molar-refractivity contribution in [2.45, 2.75) is 32.9 Å². The third-order valence-electron chi connectivity index (χ3n) is 4.12. The summed E-state index contributed by atoms with van der Waals surface area (Å²) in [5.74, 6) is -0.552. The van der Waals surface area contributed by atoms with Crippen LogP contribution in [0.5, 0.6) is 0 Å². The smallest absolute Gasteiger partial charge is 0.273 e. The topological polar surface area (TPSA) is 77.6 Å². The van der Waals surface area contributed by atoms with E-state index in [1.54, 1.807) is 23.0 Å². The first-order chi connectivity index (χ1) is 12.5. The van der Waals surface area contributed by atoms with Crippen molar-refractivity contribution < 1.29 is 9.18 Å². The van der Waals surface area contributed by atoms with Crippen LogP contribution in [0.25, 0.3) is 0 Å². The van der Waals surface area contributed by atoms with Crippen molar-refractivity contribution in [3.05, 3.63) is 65.5 Å². The highest BCUT2D eigenvalue weighted by atomic mass is 19.1. The van der Waals surface area contributed by atoms with Crippen molar-refractivity contribution in [2.24, 2.45) is 0 Å². The van der Waals surface area contributed by atoms with E-state index in [0.717, 1.165) is 24.2 Å². The van der Waals surface area contributed by atoms with Crippen LogP contribution in [0.1, 0.15) is 41.1 Å². The molecule has 26 heavy (non-hydrogen) atoms. The second-order valence-electron chi connectivity index (χ2n) is 6.14. The Bertz CT molecular complexity index is 870. The molecule has 1 aromatic carbocycles. The van der Waals surface area contributed by atoms with E-state index >= 15 is 0 Å². The van der Waals surface area contributed by atoms with Gasteiger partial charge in [-0.05, 0) is 44.0 Å². The van der Waals surface area contributed by atoms with Gasteiger partial charge in [-0.15, -0.1) is 5.10 Å². The third kappa shape index (κ3) is 4.33. The predicted molar refractivity (Wildman–Crippen MR) is 94.1 cm³/mol. The molecular weight excluding hydrogens is 335 g/mol. The normalized spacial score (nSPS) is 12.1. The number of carbonyl (C=O) groups is 1. The quantitative estimate of drug-likeness (QED) is 0.659. The molecule has 0 aliphatic rings. The Balaban J connectivity index is 1.51. The minimum absolute atomic E-state index is 0.146. The molecule has 3 rings (SSSR count). The van der Waals surface area contributed by atoms with E-state index in [0.29, 0.717) is 6.54 Å². The molecule has 0 saturated carbocycles. The number of rotatable bonds is 7. The zero-order valence-corrected chi connectivity index (χ0v) is 14.8. The fourth-order valence-electron chi connectivity index (χ4n) is 2.59. The van der Waals surface area contributed by atoms with Gasteiger partial charge in [0.2, 0.25) is 0 Å². The highest BCUT2D eigenvalue weighted by Gasteiger charge is 2.14. The van der Waals surface area contributed by atoms with E-state index < -0.39 is 0 Å². The third-order valence-corrected chi connectivity index (χ3v) is 4.12. The SMILES string of the molecule is Cc1ccn(CCCNC(=O)c2cn([C@@H](C)c3ccc(F)cc3)nn2)n1. The molecule has 0 bridgehead atoms. The van der Waals surface area contributed by atoms with E-state index in [2.05, 4.69) is 20.7 Å². The van der Waals surface area contributed by atoms with Crippen LogP contribution in [0.4, 0.5) is 4.39 Å². The molecular formula is C18H21FN6O. The average Bonchev–Trinajstić information content (AvgIpc) is 3.28. The van der Waals surface area contributed by atoms with Crippen LogP contribution >= 0.6 is 0 Å². The number of hydrogen-bond donors (Lipinski definition) is 1. The lowest BCUT2D eigenvalue weighted by molar-refractivity contribution is 0.0947. The monoisotopic (exact) mass is 356 g/mol. The minimum atomic E-state index is -0.287. The fourth-order valence-corrected chi connectivity index (χ4v) is 2.59. The molecule has 1 N–H and O–H groups in total. The fraction of sp³-hybridized carbons (Fsp3) is 0.333. The zero-order chi connectivity index (χ0) is 18.5. The van der Waals surface area contributed by atoms with Crippen molar-refractivity contribution in [1.29, 1.82) is 0 Å². The Labute approximate surface area is 150 Å². The van der Waals surface area contributed by atoms with Crippen LogP contribution in [0.15, 0.2) is 42.7 Å². The van der Waals surface area contributed by atoms with E-state index in [4.69, 9.17) is 0 Å². The molecule has 8 heteroatoms. The first-order valence-corrected chi connectivity index (χ1v) is 8.48. The number of amides is 1. The van der Waals surface area contributed by atoms with Gasteiger partial charge in [-0.3, -0.25) is 9.48 Å². The number of aromatic nitrogens is 5. The van der Waals surface area contributed by atoms with E-state index in [1.165, 1.54) is 12.1 Å². The molecule has 0 aliphatic heterocycles. The Hall–Kier alpha value is -3.03. The van der Waals surface area contributed by atoms with Gasteiger partial charge in [-0.1, -0.05) is 17.3 Å². The van der Waals surface area contributed by atoms with Gasteiger partial charge in [0, 0.05) is 19.3 Å². The van der Waals surface area contributed by atoms with E-state index in [-0.39, 0.29) is 23.5 Å². The van der Waals surface area contributed by atoms with Crippen molar-refractivity contribution in [3.63, 3.8) is 0 Å². The number of hydrogen-bond acceptors (Lipinski definition) is 4. The Kier molecular flexibility index (Phi) is 5.40. The number of nitrogens with one attached hydrogen (secondary N) is 1. The molecule has 1 amide bonds. The average molecular weight is 356 g/mol. The standard InChI is InChI=1S/C18H21FN6O/c1-13-8-11-24(22-13)10-3-9-20-18(26)17-12-25(23-21-17)14(2)15-4-6-16(19)7-5-15/h4-8,11-12,14H,3,9-10H2,1-2H3,(H,20,26)/t14-/m0/s1. The van der Waals surface area contributed by atoms with Crippen LogP contribution in [0.3, 0.4) is 0 Å². The first-order valence-electron chi connectivity index (χ1n) is 8.48. The summed E-state index contributed by atoms with van der Waals surface area (Å²) in [6.07, 6.45) is 4.28. The highest BCUT2D eigenvalue weighted by Crippen LogP contribution is 2.17. The summed E-state index contributed by atoms with van der Waals surface area (Å²) in [6.45, 7) is 5.12. The van der Waals surface area contributed by atoms with Gasteiger partial charge in [0.25, 0.3) is 5.91 Å². The van der Waals surface area contributed by atoms with Gasteiger partial charge in [-0.2, -0.15) is 5.10 Å². The van der Waals surface area contributed by atoms with Gasteiger partial charge in [0.05, 0.1) is 17.9 Å². The Morgan fingerprint density at radius 3 is 2.73 bits per heavy atom. The zero-order valence-electron chi connectivity index (χ0n) is 14.8. The molecule has 0 aliphatic carbocycles. The van der Waals surface area contributed by atoms with Gasteiger partial charge in [0.1, 0.15) is 5.82 Å². The molecule has 0 spiro atoms. The molecule has 0 unspecified atom stereocenters. The summed E-state index contributed by atoms with van der Waals surface area (Å²) in [5.41, 5.74) is 2.12. The van der Waals surface area contributed by atoms with Crippen molar-refractivity contribution in [3.8, 4) is 0 Å². The van der Waals surface area contributed by atoms with Gasteiger partial charge in [-0.25, -0.2) is 9.07 Å². The van der Waals surface area contributed by atoms with Gasteiger partial charge in [0.15, 0.2) is 5.69 Å². The molecule has 3 aromatic rings. The predicted octanol–water partition coefficient (Wildman–Crippen LogP) is 2.35. The maximum absolute atomic E-state index is 13.0. The maximum Gasteiger partial charge on any atom is 0.273 e. The van der Waals surface area contributed by atoms with Crippen molar-refractivity contribution in [2.75, 3.05) is 6.54 Å². The molecule has 0 saturated heterocycles. The molecule has 0 radical (unpaired) electrons. The summed E-state index contributed by atoms with van der Waals surface area (Å²) in [5, 5.41) is 15.1. The number of nitrogens with zero attached hydrogens (tertiary/aromatic N) is 5. The molecule has 2 heterocycles. The van der Waals surface area contributed by atoms with Crippen molar-refractivity contribution >= 4 is 5.91 Å². The van der Waals surface area contributed by atoms with Crippen LogP contribution in [-0.2, 0) is 6.54 Å². The van der Waals surface area contributed by atoms with Crippen LogP contribution in [-0.4, -0.2) is 37.2 Å². The molecule has 0 fully saturated rings. The number of carbonyl (C=O) groups excluding carboxylic acids is 1. The van der Waals surface area contributed by atoms with Crippen LogP contribution < -0.4 is 5.32 Å². The molecule has 1 atom stereocenters. The summed E-state index contributed by atoms with van der Waals surface area (Å²) in [6, 6.07) is 7.98. The lowest BCUT2D eigenvalue weighted by Crippen LogP contribution is -2.25. The minimum Gasteiger partial charge on any atom is -0.351 e. The number of benzene rings is 1. The summed E-state index contributed by atoms with van der Waals surface area (Å²) < 4.78 is 16.5. The Morgan fingerprint density at radius 1 is 1.27 bits per heavy atom. The second kappa shape index (κ2) is 7.90. The maximum atomic E-state index is 13.0. The number of halogens is 1. The largest absolute Gasteiger partial charge is 0.351 e. The second-order valence-corrected chi connectivity index (χ2v) is 6.14. The lowest BCUT2D eigenvalue weighted by Gasteiger charge is -2.11. The summed E-state index contributed by atoms with van der Waals surface area (Å²) in [4.78, 5) is 12.2. The molecule has 136 valence electrons. The lowest BCUT2D eigenvalue weighted by atomic mass is 10.1. The van der Waals surface area contributed by atoms with Gasteiger partial charge >= 0.3 is 0 Å². The summed E-state index contributed by atoms with van der Waals surface area (Å²) in [7, 11) is 0. The summed E-state index contributed by atoms with van der Waals surface area (Å²) >= 11 is 0. The number of aryl methyl sites for hydroxylation is 2. The van der Waals surface area contributed by atoms with Gasteiger partial charge < -0.3 is 5.32 Å². The molecule has 7 nitrogen and oxygen atoms in total. The van der Waals surface area contributed by atoms with Crippen molar-refractivity contribution in [1.82, 2.24) is 30.1 Å². The van der Waals surface area contributed by atoms with E-state index in [1.807, 2.05) is 30.8 Å².